The molecule has 2 aromatic rings. The van der Waals surface area contributed by atoms with Gasteiger partial charge in [0.1, 0.15) is 11.3 Å². The predicted molar refractivity (Wildman–Crippen MR) is 105 cm³/mol. The van der Waals surface area contributed by atoms with E-state index in [0.717, 1.165) is 18.3 Å². The highest BCUT2D eigenvalue weighted by Crippen LogP contribution is 2.22. The first-order chi connectivity index (χ1) is 13.0. The molecular formula is C20H24N4O3. The lowest BCUT2D eigenvalue weighted by molar-refractivity contribution is 0.0693. The van der Waals surface area contributed by atoms with E-state index in [4.69, 9.17) is 5.11 Å². The summed E-state index contributed by atoms with van der Waals surface area (Å²) in [5.41, 5.74) is 4.98. The minimum Gasteiger partial charge on any atom is -0.477 e. The second kappa shape index (κ2) is 8.16. The van der Waals surface area contributed by atoms with Gasteiger partial charge in [-0.15, -0.1) is 0 Å². The summed E-state index contributed by atoms with van der Waals surface area (Å²) in [6.45, 7) is 4.06. The van der Waals surface area contributed by atoms with Crippen molar-refractivity contribution in [1.29, 1.82) is 0 Å². The molecule has 1 atom stereocenters. The summed E-state index contributed by atoms with van der Waals surface area (Å²) in [7, 11) is 0. The lowest BCUT2D eigenvalue weighted by Gasteiger charge is -2.25. The number of nitrogens with zero attached hydrogens (tertiary/aromatic N) is 3. The number of aryl methyl sites for hydroxylation is 1. The summed E-state index contributed by atoms with van der Waals surface area (Å²) in [4.78, 5) is 27.9. The highest BCUT2D eigenvalue weighted by atomic mass is 16.4. The Bertz CT molecular complexity index is 916. The molecule has 7 heteroatoms. The lowest BCUT2D eigenvalue weighted by Crippen LogP contribution is -2.37. The van der Waals surface area contributed by atoms with E-state index in [1.165, 1.54) is 23.0 Å². The number of hydrogen-bond acceptors (Lipinski definition) is 5. The molecule has 142 valence electrons. The fourth-order valence-corrected chi connectivity index (χ4v) is 3.19. The van der Waals surface area contributed by atoms with Crippen molar-refractivity contribution in [2.45, 2.75) is 52.0 Å². The Morgan fingerprint density at radius 2 is 2.11 bits per heavy atom. The minimum atomic E-state index is -1.26. The van der Waals surface area contributed by atoms with E-state index < -0.39 is 11.5 Å². The van der Waals surface area contributed by atoms with Crippen molar-refractivity contribution in [3.63, 3.8) is 0 Å². The average molecular weight is 368 g/mol. The summed E-state index contributed by atoms with van der Waals surface area (Å²) in [5.74, 6) is -0.837. The van der Waals surface area contributed by atoms with Gasteiger partial charge in [0.25, 0.3) is 5.56 Å². The number of hydrazone groups is 1. The smallest absolute Gasteiger partial charge is 0.342 e. The summed E-state index contributed by atoms with van der Waals surface area (Å²) >= 11 is 0. The average Bonchev–Trinajstić information content (AvgIpc) is 2.66. The van der Waals surface area contributed by atoms with Crippen LogP contribution in [0.25, 0.3) is 0 Å². The number of anilines is 1. The number of benzene rings is 1. The summed E-state index contributed by atoms with van der Waals surface area (Å²) in [6.07, 6.45) is 5.89. The molecule has 2 heterocycles. The number of aromatic carboxylic acids is 1. The number of nitrogens with one attached hydrogen (secondary N) is 1. The van der Waals surface area contributed by atoms with E-state index >= 15 is 0 Å². The second-order valence-corrected chi connectivity index (χ2v) is 6.83. The maximum atomic E-state index is 12.5. The molecule has 1 unspecified atom stereocenters. The second-order valence-electron chi connectivity index (χ2n) is 6.83. The number of fused-ring (bicyclic) bond motifs is 1. The third-order valence-corrected chi connectivity index (χ3v) is 4.81. The molecule has 0 saturated carbocycles. The molecule has 1 aromatic heterocycles. The molecule has 7 nitrogen and oxygen atoms in total. The van der Waals surface area contributed by atoms with Gasteiger partial charge in [-0.2, -0.15) is 5.10 Å². The van der Waals surface area contributed by atoms with Crippen LogP contribution in [0.2, 0.25) is 0 Å². The van der Waals surface area contributed by atoms with Crippen molar-refractivity contribution >= 4 is 17.4 Å². The van der Waals surface area contributed by atoms with Crippen molar-refractivity contribution in [2.75, 3.05) is 5.43 Å². The van der Waals surface area contributed by atoms with Gasteiger partial charge in [-0.05, 0) is 50.3 Å². The van der Waals surface area contributed by atoms with Gasteiger partial charge >= 0.3 is 5.97 Å². The fraction of sp³-hybridized carbons (Fsp3) is 0.400. The van der Waals surface area contributed by atoms with Crippen molar-refractivity contribution in [2.24, 2.45) is 5.10 Å². The van der Waals surface area contributed by atoms with Gasteiger partial charge in [0.15, 0.2) is 5.82 Å². The number of hydrogen-bond donors (Lipinski definition) is 2. The topological polar surface area (TPSA) is 96.6 Å². The molecule has 0 spiro atoms. The number of rotatable bonds is 6. The van der Waals surface area contributed by atoms with Gasteiger partial charge in [0.2, 0.25) is 0 Å². The minimum absolute atomic E-state index is 0.115. The Morgan fingerprint density at radius 1 is 1.37 bits per heavy atom. The van der Waals surface area contributed by atoms with Crippen molar-refractivity contribution < 1.29 is 9.90 Å². The van der Waals surface area contributed by atoms with Crippen LogP contribution < -0.4 is 11.0 Å². The van der Waals surface area contributed by atoms with Crippen LogP contribution in [-0.4, -0.2) is 26.3 Å². The molecule has 0 bridgehead atoms. The van der Waals surface area contributed by atoms with Crippen LogP contribution in [0.15, 0.2) is 40.4 Å². The largest absolute Gasteiger partial charge is 0.477 e. The van der Waals surface area contributed by atoms with E-state index in [9.17, 15) is 9.59 Å². The zero-order chi connectivity index (χ0) is 19.4. The first-order valence-corrected chi connectivity index (χ1v) is 9.28. The van der Waals surface area contributed by atoms with E-state index in [-0.39, 0.29) is 11.6 Å². The number of carboxylic acid groups (broad SMARTS) is 1. The molecule has 1 aliphatic heterocycles. The van der Waals surface area contributed by atoms with E-state index in [1.54, 1.807) is 0 Å². The van der Waals surface area contributed by atoms with Crippen LogP contribution in [0.3, 0.4) is 0 Å². The highest BCUT2D eigenvalue weighted by Gasteiger charge is 2.26. The molecular weight excluding hydrogens is 344 g/mol. The summed E-state index contributed by atoms with van der Waals surface area (Å²) in [5, 5.41) is 13.6. The molecule has 1 aromatic carbocycles. The monoisotopic (exact) mass is 368 g/mol. The number of aromatic nitrogens is 2. The normalized spacial score (nSPS) is 17.6. The van der Waals surface area contributed by atoms with Gasteiger partial charge < -0.3 is 5.11 Å². The molecule has 0 radical (unpaired) electrons. The molecule has 3 rings (SSSR count). The Labute approximate surface area is 157 Å². The highest BCUT2D eigenvalue weighted by molar-refractivity contribution is 5.99. The maximum absolute atomic E-state index is 12.5. The SMILES string of the molecule is CCCCc1ccc(N/N=C2\CCC(C)n3c2ncc(C(=O)O)c3=O)cc1. The molecule has 0 amide bonds. The van der Waals surface area contributed by atoms with E-state index in [2.05, 4.69) is 34.6 Å². The third kappa shape index (κ3) is 4.07. The van der Waals surface area contributed by atoms with Crippen LogP contribution in [0.5, 0.6) is 0 Å². The molecule has 1 aliphatic rings. The molecule has 2 N–H and O–H groups in total. The van der Waals surface area contributed by atoms with Gasteiger partial charge in [0.05, 0.1) is 5.69 Å². The van der Waals surface area contributed by atoms with Crippen LogP contribution in [0.1, 0.15) is 67.3 Å². The van der Waals surface area contributed by atoms with Crippen molar-refractivity contribution in [3.8, 4) is 0 Å². The number of carbonyl (C=O) groups is 1. The Kier molecular flexibility index (Phi) is 5.69. The quantitative estimate of drug-likeness (QED) is 0.761. The van der Waals surface area contributed by atoms with E-state index in [0.29, 0.717) is 24.4 Å². The summed E-state index contributed by atoms with van der Waals surface area (Å²) < 4.78 is 1.43. The number of carboxylic acids is 1. The van der Waals surface area contributed by atoms with Gasteiger partial charge in [-0.3, -0.25) is 14.8 Å². The van der Waals surface area contributed by atoms with Crippen molar-refractivity contribution in [3.05, 3.63) is 57.8 Å². The summed E-state index contributed by atoms with van der Waals surface area (Å²) in [6, 6.07) is 8.01. The van der Waals surface area contributed by atoms with Crippen LogP contribution in [-0.2, 0) is 6.42 Å². The Morgan fingerprint density at radius 3 is 2.78 bits per heavy atom. The van der Waals surface area contributed by atoms with Crippen LogP contribution in [0, 0.1) is 0 Å². The predicted octanol–water partition coefficient (Wildman–Crippen LogP) is 3.46. The first-order valence-electron chi connectivity index (χ1n) is 9.28. The zero-order valence-electron chi connectivity index (χ0n) is 15.6. The van der Waals surface area contributed by atoms with Gasteiger partial charge in [0, 0.05) is 12.2 Å². The number of unbranched alkanes of at least 4 members (excludes halogenated alkanes) is 1. The Hall–Kier alpha value is -2.96. The van der Waals surface area contributed by atoms with Gasteiger partial charge in [-0.25, -0.2) is 9.78 Å². The molecule has 0 aliphatic carbocycles. The molecule has 0 fully saturated rings. The lowest BCUT2D eigenvalue weighted by atomic mass is 10.0. The Balaban J connectivity index is 1.84. The van der Waals surface area contributed by atoms with Gasteiger partial charge in [-0.1, -0.05) is 25.5 Å². The molecule has 27 heavy (non-hydrogen) atoms. The fourth-order valence-electron chi connectivity index (χ4n) is 3.19. The van der Waals surface area contributed by atoms with Crippen molar-refractivity contribution in [1.82, 2.24) is 9.55 Å². The third-order valence-electron chi connectivity index (χ3n) is 4.81. The zero-order valence-corrected chi connectivity index (χ0v) is 15.6. The van der Waals surface area contributed by atoms with Crippen LogP contribution >= 0.6 is 0 Å². The first kappa shape index (κ1) is 18.8. The standard InChI is InChI=1S/C20H24N4O3/c1-3-4-5-14-7-9-15(10-8-14)22-23-17-11-6-13(2)24-18(17)21-12-16(19(24)25)20(26)27/h7-10,12-13,22H,3-6,11H2,1-2H3,(H,26,27)/b23-17+. The molecule has 0 saturated heterocycles. The van der Waals surface area contributed by atoms with Crippen LogP contribution in [0.4, 0.5) is 5.69 Å². The van der Waals surface area contributed by atoms with E-state index in [1.807, 2.05) is 19.1 Å². The maximum Gasteiger partial charge on any atom is 0.342 e.